The average Bonchev–Trinajstić information content (AvgIpc) is 3.33. The number of carbonyl (C=O) groups excluding carboxylic acids is 1. The Balaban J connectivity index is 1.73. The molecule has 0 spiro atoms. The molecule has 1 aliphatic rings. The minimum absolute atomic E-state index is 0.0324. The van der Waals surface area contributed by atoms with Crippen LogP contribution in [0.15, 0.2) is 51.8 Å². The first kappa shape index (κ1) is 29.5. The molecule has 2 N–H and O–H groups in total. The molecule has 16 heteroatoms. The van der Waals surface area contributed by atoms with E-state index in [-0.39, 0.29) is 40.2 Å². The second-order valence-corrected chi connectivity index (χ2v) is 14.3. The molecular formula is C24H25F3N4O7S2. The number of anilines is 1. The van der Waals surface area contributed by atoms with Gasteiger partial charge in [-0.2, -0.15) is 13.2 Å². The summed E-state index contributed by atoms with van der Waals surface area (Å²) in [5.74, 6) is -1.70. The van der Waals surface area contributed by atoms with E-state index < -0.39 is 54.9 Å². The van der Waals surface area contributed by atoms with Gasteiger partial charge in [-0.05, 0) is 49.7 Å². The van der Waals surface area contributed by atoms with Crippen LogP contribution in [0.4, 0.5) is 18.9 Å². The third kappa shape index (κ3) is 5.97. The molecule has 1 atom stereocenters. The lowest BCUT2D eigenvalue weighted by Crippen LogP contribution is -2.45. The molecule has 1 aromatic heterocycles. The predicted molar refractivity (Wildman–Crippen MR) is 137 cm³/mol. The van der Waals surface area contributed by atoms with Crippen LogP contribution in [0.25, 0.3) is 11.5 Å². The van der Waals surface area contributed by atoms with Gasteiger partial charge in [0.1, 0.15) is 10.5 Å². The Kier molecular flexibility index (Phi) is 7.49. The van der Waals surface area contributed by atoms with Gasteiger partial charge in [0.05, 0.1) is 28.9 Å². The number of sulfone groups is 2. The van der Waals surface area contributed by atoms with Crippen LogP contribution in [0.3, 0.4) is 0 Å². The van der Waals surface area contributed by atoms with Crippen molar-refractivity contribution in [1.29, 1.82) is 0 Å². The second kappa shape index (κ2) is 10.2. The molecule has 216 valence electrons. The first-order valence-electron chi connectivity index (χ1n) is 11.7. The summed E-state index contributed by atoms with van der Waals surface area (Å²) in [6, 6.07) is 8.05. The van der Waals surface area contributed by atoms with Crippen LogP contribution in [0.1, 0.15) is 25.3 Å². The van der Waals surface area contributed by atoms with Crippen LogP contribution < -0.4 is 15.4 Å². The maximum Gasteiger partial charge on any atom is 0.422 e. The second-order valence-electron chi connectivity index (χ2n) is 9.74. The highest BCUT2D eigenvalue weighted by Gasteiger charge is 2.39. The standard InChI is InChI=1S/C24H25F3N4O7S2/c1-23(2,39(3,33)34)22-30-29-20(38-22)15-6-9-19-18(10-15)31(21(32)17(28)12-40(19,35)36)11-14-4-7-16(8-5-14)37-13-24(25,26)27/h4-10,17H,11-13,28H2,1-3H3/t17-/m0/s1. The van der Waals surface area contributed by atoms with Gasteiger partial charge in [0.15, 0.2) is 26.3 Å². The van der Waals surface area contributed by atoms with Crippen LogP contribution in [-0.2, 0) is 35.8 Å². The van der Waals surface area contributed by atoms with Gasteiger partial charge in [0.2, 0.25) is 17.7 Å². The fourth-order valence-electron chi connectivity index (χ4n) is 3.78. The van der Waals surface area contributed by atoms with Crippen molar-refractivity contribution in [3.63, 3.8) is 0 Å². The molecule has 1 amide bonds. The SMILES string of the molecule is CC(C)(c1nnc(-c2ccc3c(c2)N(Cc2ccc(OCC(F)(F)F)cc2)C(=O)[C@@H](N)CS3(=O)=O)o1)S(C)(=O)=O. The first-order valence-corrected chi connectivity index (χ1v) is 15.2. The van der Waals surface area contributed by atoms with E-state index in [1.807, 2.05) is 0 Å². The molecule has 4 rings (SSSR count). The number of benzene rings is 2. The van der Waals surface area contributed by atoms with Crippen molar-refractivity contribution < 1.29 is 44.0 Å². The van der Waals surface area contributed by atoms with Crippen molar-refractivity contribution in [2.75, 3.05) is 23.5 Å². The number of nitrogens with zero attached hydrogens (tertiary/aromatic N) is 3. The van der Waals surface area contributed by atoms with E-state index in [9.17, 15) is 34.8 Å². The van der Waals surface area contributed by atoms with Gasteiger partial charge >= 0.3 is 6.18 Å². The number of carbonyl (C=O) groups is 1. The zero-order chi connectivity index (χ0) is 29.7. The summed E-state index contributed by atoms with van der Waals surface area (Å²) < 4.78 is 96.6. The molecule has 0 saturated heterocycles. The van der Waals surface area contributed by atoms with Gasteiger partial charge in [0.25, 0.3) is 0 Å². The normalized spacial score (nSPS) is 17.8. The van der Waals surface area contributed by atoms with E-state index in [1.54, 1.807) is 0 Å². The molecule has 0 unspecified atom stereocenters. The van der Waals surface area contributed by atoms with E-state index >= 15 is 0 Å². The Morgan fingerprint density at radius 2 is 1.77 bits per heavy atom. The number of halogens is 3. The van der Waals surface area contributed by atoms with Crippen LogP contribution in [-0.4, -0.2) is 63.8 Å². The van der Waals surface area contributed by atoms with Crippen molar-refractivity contribution in [2.24, 2.45) is 5.73 Å². The highest BCUT2D eigenvalue weighted by Crippen LogP contribution is 2.36. The Morgan fingerprint density at radius 1 is 1.12 bits per heavy atom. The monoisotopic (exact) mass is 602 g/mol. The van der Waals surface area contributed by atoms with Gasteiger partial charge in [0, 0.05) is 11.8 Å². The number of fused-ring (bicyclic) bond motifs is 1. The summed E-state index contributed by atoms with van der Waals surface area (Å²) in [4.78, 5) is 14.2. The zero-order valence-corrected chi connectivity index (χ0v) is 23.1. The molecule has 2 heterocycles. The Hall–Kier alpha value is -3.50. The molecule has 0 fully saturated rings. The summed E-state index contributed by atoms with van der Waals surface area (Å²) in [6.07, 6.45) is -3.49. The van der Waals surface area contributed by atoms with Crippen molar-refractivity contribution in [1.82, 2.24) is 10.2 Å². The predicted octanol–water partition coefficient (Wildman–Crippen LogP) is 2.61. The lowest BCUT2D eigenvalue weighted by molar-refractivity contribution is -0.153. The van der Waals surface area contributed by atoms with Crippen molar-refractivity contribution in [2.45, 2.75) is 42.3 Å². The van der Waals surface area contributed by atoms with E-state index in [0.29, 0.717) is 5.56 Å². The Morgan fingerprint density at radius 3 is 2.38 bits per heavy atom. The van der Waals surface area contributed by atoms with Crippen LogP contribution in [0.5, 0.6) is 5.75 Å². The summed E-state index contributed by atoms with van der Waals surface area (Å²) in [6.45, 7) is 1.14. The fraction of sp³-hybridized carbons (Fsp3) is 0.375. The highest BCUT2D eigenvalue weighted by molar-refractivity contribution is 7.92. The third-order valence-electron chi connectivity index (χ3n) is 6.35. The van der Waals surface area contributed by atoms with Crippen molar-refractivity contribution in [3.05, 3.63) is 53.9 Å². The Bertz CT molecular complexity index is 1650. The number of hydrogen-bond acceptors (Lipinski definition) is 10. The number of nitrogens with two attached hydrogens (primary N) is 1. The van der Waals surface area contributed by atoms with Crippen molar-refractivity contribution >= 4 is 31.3 Å². The molecule has 0 saturated carbocycles. The number of ether oxygens (including phenoxy) is 1. The van der Waals surface area contributed by atoms with E-state index in [0.717, 1.165) is 11.2 Å². The summed E-state index contributed by atoms with van der Waals surface area (Å²) in [5.41, 5.74) is 6.55. The zero-order valence-electron chi connectivity index (χ0n) is 21.5. The van der Waals surface area contributed by atoms with Gasteiger partial charge < -0.3 is 19.8 Å². The van der Waals surface area contributed by atoms with E-state index in [1.165, 1.54) is 56.3 Å². The minimum atomic E-state index is -4.51. The van der Waals surface area contributed by atoms with Crippen molar-refractivity contribution in [3.8, 4) is 17.2 Å². The van der Waals surface area contributed by atoms with Crippen LogP contribution in [0, 0.1) is 0 Å². The third-order valence-corrected chi connectivity index (χ3v) is 10.2. The number of rotatable bonds is 7. The number of hydrogen-bond donors (Lipinski definition) is 1. The number of aromatic nitrogens is 2. The Labute approximate surface area is 228 Å². The lowest BCUT2D eigenvalue weighted by Gasteiger charge is -2.24. The first-order chi connectivity index (χ1) is 18.4. The molecule has 11 nitrogen and oxygen atoms in total. The number of amides is 1. The fourth-order valence-corrected chi connectivity index (χ4v) is 5.74. The summed E-state index contributed by atoms with van der Waals surface area (Å²) in [7, 11) is -7.65. The maximum absolute atomic E-state index is 13.2. The molecule has 3 aromatic rings. The minimum Gasteiger partial charge on any atom is -0.484 e. The molecule has 0 bridgehead atoms. The smallest absolute Gasteiger partial charge is 0.422 e. The van der Waals surface area contributed by atoms with E-state index in [4.69, 9.17) is 14.9 Å². The quantitative estimate of drug-likeness (QED) is 0.425. The van der Waals surface area contributed by atoms with E-state index in [2.05, 4.69) is 10.2 Å². The molecule has 0 radical (unpaired) electrons. The molecular weight excluding hydrogens is 577 g/mol. The highest BCUT2D eigenvalue weighted by atomic mass is 32.2. The lowest BCUT2D eigenvalue weighted by atomic mass is 10.1. The van der Waals surface area contributed by atoms with Gasteiger partial charge in [-0.25, -0.2) is 16.8 Å². The molecule has 2 aromatic carbocycles. The largest absolute Gasteiger partial charge is 0.484 e. The van der Waals surface area contributed by atoms with Crippen LogP contribution in [0.2, 0.25) is 0 Å². The molecule has 40 heavy (non-hydrogen) atoms. The van der Waals surface area contributed by atoms with Gasteiger partial charge in [-0.3, -0.25) is 4.79 Å². The molecule has 0 aliphatic carbocycles. The maximum atomic E-state index is 13.2. The number of alkyl halides is 3. The average molecular weight is 603 g/mol. The van der Waals surface area contributed by atoms with Gasteiger partial charge in [-0.1, -0.05) is 12.1 Å². The van der Waals surface area contributed by atoms with Crippen LogP contribution >= 0.6 is 0 Å². The van der Waals surface area contributed by atoms with Gasteiger partial charge in [-0.15, -0.1) is 10.2 Å². The summed E-state index contributed by atoms with van der Waals surface area (Å²) in [5, 5.41) is 7.75. The molecule has 1 aliphatic heterocycles. The topological polar surface area (TPSA) is 163 Å². The summed E-state index contributed by atoms with van der Waals surface area (Å²) >= 11 is 0.